The molecule has 3 rings (SSSR count). The highest BCUT2D eigenvalue weighted by Crippen LogP contribution is 2.15. The summed E-state index contributed by atoms with van der Waals surface area (Å²) in [6.45, 7) is 4.90. The number of nitrogens with one attached hydrogen (secondary N) is 1. The zero-order chi connectivity index (χ0) is 20.5. The van der Waals surface area contributed by atoms with Gasteiger partial charge in [-0.25, -0.2) is 0 Å². The fourth-order valence-electron chi connectivity index (χ4n) is 3.08. The maximum absolute atomic E-state index is 8.82. The molecule has 0 atom stereocenters. The van der Waals surface area contributed by atoms with Gasteiger partial charge in [0.2, 0.25) is 0 Å². The Morgan fingerprint density at radius 1 is 0.759 bits per heavy atom. The second-order valence-corrected chi connectivity index (χ2v) is 6.77. The van der Waals surface area contributed by atoms with Crippen LogP contribution in [0.4, 0.5) is 0 Å². The number of pyridine rings is 2. The third-order valence-corrected chi connectivity index (χ3v) is 4.64. The molecule has 2 aromatic heterocycles. The van der Waals surface area contributed by atoms with Crippen molar-refractivity contribution in [3.05, 3.63) is 96.1 Å². The van der Waals surface area contributed by atoms with Gasteiger partial charge in [0, 0.05) is 23.8 Å². The highest BCUT2D eigenvalue weighted by atomic mass is 14.8. The zero-order valence-corrected chi connectivity index (χ0v) is 16.8. The maximum Gasteiger partial charge on any atom is 0.0811 e. The Morgan fingerprint density at radius 3 is 1.69 bits per heavy atom. The number of hydrogen-bond donors (Lipinski definition) is 1. The molecular weight excluding hydrogens is 358 g/mol. The number of nitrogens with zero attached hydrogens (tertiary/aromatic N) is 4. The van der Waals surface area contributed by atoms with Gasteiger partial charge >= 0.3 is 0 Å². The third-order valence-electron chi connectivity index (χ3n) is 4.64. The minimum Gasteiger partial charge on any atom is -0.304 e. The molecule has 2 heterocycles. The summed E-state index contributed by atoms with van der Waals surface area (Å²) in [6, 6.07) is 21.4. The van der Waals surface area contributed by atoms with Crippen molar-refractivity contribution < 1.29 is 0 Å². The van der Waals surface area contributed by atoms with Gasteiger partial charge in [-0.2, -0.15) is 0 Å². The molecule has 3 aromatic rings. The first kappa shape index (κ1) is 20.3. The Kier molecular flexibility index (Phi) is 7.11. The van der Waals surface area contributed by atoms with Gasteiger partial charge in [-0.3, -0.25) is 20.0 Å². The first-order chi connectivity index (χ1) is 14.1. The van der Waals surface area contributed by atoms with Gasteiger partial charge in [-0.15, -0.1) is 0 Å². The normalized spacial score (nSPS) is 13.2. The number of hydrogen-bond acceptors (Lipinski definition) is 5. The summed E-state index contributed by atoms with van der Waals surface area (Å²) >= 11 is 0. The standard InChI is InChI=1S/C24H25N5/c1-18(28-16-21-12-6-8-14-26-21)23(24(25)20-10-4-3-5-11-20)19(2)29-17-22-13-7-9-15-27-22/h3-15,23,25H,16-17H2,1-2H3. The molecule has 146 valence electrons. The van der Waals surface area contributed by atoms with E-state index in [1.165, 1.54) is 0 Å². The van der Waals surface area contributed by atoms with Crippen LogP contribution in [0.3, 0.4) is 0 Å². The molecule has 0 radical (unpaired) electrons. The van der Waals surface area contributed by atoms with Crippen molar-refractivity contribution in [1.82, 2.24) is 9.97 Å². The summed E-state index contributed by atoms with van der Waals surface area (Å²) in [5, 5.41) is 8.82. The van der Waals surface area contributed by atoms with E-state index >= 15 is 0 Å². The highest BCUT2D eigenvalue weighted by Gasteiger charge is 2.22. The summed E-state index contributed by atoms with van der Waals surface area (Å²) in [6.07, 6.45) is 3.53. The van der Waals surface area contributed by atoms with Crippen LogP contribution in [-0.4, -0.2) is 27.1 Å². The van der Waals surface area contributed by atoms with Crippen LogP contribution in [0.5, 0.6) is 0 Å². The molecule has 0 spiro atoms. The van der Waals surface area contributed by atoms with Crippen molar-refractivity contribution >= 4 is 17.1 Å². The monoisotopic (exact) mass is 383 g/mol. The van der Waals surface area contributed by atoms with Crippen molar-refractivity contribution in [3.8, 4) is 0 Å². The van der Waals surface area contributed by atoms with Crippen molar-refractivity contribution in [2.75, 3.05) is 0 Å². The topological polar surface area (TPSA) is 74.3 Å². The average molecular weight is 383 g/mol. The second kappa shape index (κ2) is 10.2. The van der Waals surface area contributed by atoms with Crippen LogP contribution in [0.1, 0.15) is 30.8 Å². The van der Waals surface area contributed by atoms with Crippen LogP contribution in [-0.2, 0) is 13.1 Å². The lowest BCUT2D eigenvalue weighted by Gasteiger charge is -2.19. The van der Waals surface area contributed by atoms with E-state index in [9.17, 15) is 0 Å². The molecule has 0 fully saturated rings. The molecule has 5 heteroatoms. The zero-order valence-electron chi connectivity index (χ0n) is 16.8. The lowest BCUT2D eigenvalue weighted by atomic mass is 9.89. The Labute approximate surface area is 171 Å². The Bertz CT molecular complexity index is 922. The second-order valence-electron chi connectivity index (χ2n) is 6.77. The molecule has 0 aliphatic rings. The van der Waals surface area contributed by atoms with E-state index in [1.54, 1.807) is 12.4 Å². The van der Waals surface area contributed by atoms with Crippen LogP contribution < -0.4 is 0 Å². The third kappa shape index (κ3) is 5.75. The SMILES string of the molecule is CC(=NCc1ccccn1)C(C(=N)c1ccccc1)C(C)=NCc1ccccn1. The van der Waals surface area contributed by atoms with E-state index in [-0.39, 0.29) is 5.92 Å². The van der Waals surface area contributed by atoms with Crippen molar-refractivity contribution in [3.63, 3.8) is 0 Å². The Morgan fingerprint density at radius 2 is 1.24 bits per heavy atom. The molecule has 1 aromatic carbocycles. The first-order valence-corrected chi connectivity index (χ1v) is 9.60. The molecule has 0 bridgehead atoms. The Hall–Kier alpha value is -3.47. The smallest absolute Gasteiger partial charge is 0.0811 e. The van der Waals surface area contributed by atoms with Crippen LogP contribution in [0, 0.1) is 11.3 Å². The number of aliphatic imine (C=N–C) groups is 2. The molecule has 1 N–H and O–H groups in total. The van der Waals surface area contributed by atoms with E-state index in [1.807, 2.05) is 80.6 Å². The molecule has 29 heavy (non-hydrogen) atoms. The molecule has 0 saturated carbocycles. The molecule has 0 aliphatic heterocycles. The minimum atomic E-state index is -0.287. The van der Waals surface area contributed by atoms with E-state index in [0.717, 1.165) is 28.4 Å². The predicted octanol–water partition coefficient (Wildman–Crippen LogP) is 4.78. The van der Waals surface area contributed by atoms with Gasteiger partial charge in [0.1, 0.15) is 0 Å². The lowest BCUT2D eigenvalue weighted by molar-refractivity contribution is 0.957. The fourth-order valence-corrected chi connectivity index (χ4v) is 3.08. The molecule has 0 amide bonds. The van der Waals surface area contributed by atoms with Crippen molar-refractivity contribution in [2.45, 2.75) is 26.9 Å². The van der Waals surface area contributed by atoms with Crippen LogP contribution in [0.15, 0.2) is 89.1 Å². The summed E-state index contributed by atoms with van der Waals surface area (Å²) in [7, 11) is 0. The largest absolute Gasteiger partial charge is 0.304 e. The van der Waals surface area contributed by atoms with Gasteiger partial charge in [0.25, 0.3) is 0 Å². The molecular formula is C24H25N5. The predicted molar refractivity (Wildman–Crippen MR) is 119 cm³/mol. The maximum atomic E-state index is 8.82. The van der Waals surface area contributed by atoms with Crippen molar-refractivity contribution in [1.29, 1.82) is 5.41 Å². The van der Waals surface area contributed by atoms with Crippen LogP contribution in [0.2, 0.25) is 0 Å². The van der Waals surface area contributed by atoms with E-state index < -0.39 is 0 Å². The van der Waals surface area contributed by atoms with Crippen LogP contribution in [0.25, 0.3) is 0 Å². The molecule has 0 saturated heterocycles. The quantitative estimate of drug-likeness (QED) is 0.568. The fraction of sp³-hybridized carbons (Fsp3) is 0.208. The number of rotatable bonds is 8. The van der Waals surface area contributed by atoms with Gasteiger partial charge in [-0.05, 0) is 43.7 Å². The van der Waals surface area contributed by atoms with Gasteiger partial charge < -0.3 is 5.41 Å². The van der Waals surface area contributed by atoms with Gasteiger partial charge in [-0.1, -0.05) is 42.5 Å². The number of benzene rings is 1. The van der Waals surface area contributed by atoms with E-state index in [2.05, 4.69) is 9.97 Å². The highest BCUT2D eigenvalue weighted by molar-refractivity contribution is 6.26. The van der Waals surface area contributed by atoms with Gasteiger partial charge in [0.15, 0.2) is 0 Å². The Balaban J connectivity index is 1.87. The summed E-state index contributed by atoms with van der Waals surface area (Å²) in [5.41, 5.74) is 4.88. The number of aromatic nitrogens is 2. The molecule has 0 aliphatic carbocycles. The van der Waals surface area contributed by atoms with Crippen LogP contribution >= 0.6 is 0 Å². The molecule has 0 unspecified atom stereocenters. The van der Waals surface area contributed by atoms with Crippen molar-refractivity contribution in [2.24, 2.45) is 15.9 Å². The van der Waals surface area contributed by atoms with E-state index in [4.69, 9.17) is 15.4 Å². The minimum absolute atomic E-state index is 0.287. The summed E-state index contributed by atoms with van der Waals surface area (Å²) in [4.78, 5) is 18.1. The lowest BCUT2D eigenvalue weighted by Crippen LogP contribution is -2.29. The first-order valence-electron chi connectivity index (χ1n) is 9.60. The van der Waals surface area contributed by atoms with Gasteiger partial charge in [0.05, 0.1) is 36.1 Å². The summed E-state index contributed by atoms with van der Waals surface area (Å²) < 4.78 is 0. The van der Waals surface area contributed by atoms with E-state index in [0.29, 0.717) is 18.8 Å². The average Bonchev–Trinajstić information content (AvgIpc) is 2.78. The summed E-state index contributed by atoms with van der Waals surface area (Å²) in [5.74, 6) is -0.287. The molecule has 5 nitrogen and oxygen atoms in total.